The summed E-state index contributed by atoms with van der Waals surface area (Å²) in [4.78, 5) is 28.6. The standard InChI is InChI=1S/C29H25NO6/c1-4-35-23-16-19(12-13-22(23)34-3)26-25(27(31)24-15-18-9-5-6-11-21(18)36-24)28(32)29(33)30(26)20-10-7-8-17(2)14-20/h5-16,26,32H,4H2,1-3H3. The molecular weight excluding hydrogens is 458 g/mol. The maximum Gasteiger partial charge on any atom is 0.294 e. The molecule has 1 amide bonds. The number of amides is 1. The number of aliphatic hydroxyl groups is 1. The topological polar surface area (TPSA) is 89.2 Å². The van der Waals surface area contributed by atoms with Crippen molar-refractivity contribution in [3.8, 4) is 11.5 Å². The summed E-state index contributed by atoms with van der Waals surface area (Å²) in [5.41, 5.74) is 2.55. The van der Waals surface area contributed by atoms with E-state index in [1.807, 2.05) is 50.2 Å². The number of methoxy groups -OCH3 is 1. The number of hydrogen-bond donors (Lipinski definition) is 1. The molecule has 0 aliphatic carbocycles. The van der Waals surface area contributed by atoms with Gasteiger partial charge in [0.25, 0.3) is 5.91 Å². The Morgan fingerprint density at radius 2 is 1.83 bits per heavy atom. The molecule has 0 saturated heterocycles. The summed E-state index contributed by atoms with van der Waals surface area (Å²) in [6, 6.07) is 20.5. The highest BCUT2D eigenvalue weighted by molar-refractivity contribution is 6.20. The number of rotatable bonds is 7. The molecule has 1 atom stereocenters. The van der Waals surface area contributed by atoms with Crippen molar-refractivity contribution in [2.45, 2.75) is 19.9 Å². The number of ketones is 1. The number of furan rings is 1. The van der Waals surface area contributed by atoms with E-state index in [4.69, 9.17) is 13.9 Å². The van der Waals surface area contributed by atoms with E-state index in [-0.39, 0.29) is 11.3 Å². The van der Waals surface area contributed by atoms with Crippen LogP contribution in [0.15, 0.2) is 88.5 Å². The molecule has 1 unspecified atom stereocenters. The van der Waals surface area contributed by atoms with Crippen LogP contribution in [0.2, 0.25) is 0 Å². The van der Waals surface area contributed by atoms with Crippen molar-refractivity contribution in [1.82, 2.24) is 0 Å². The minimum Gasteiger partial charge on any atom is -0.503 e. The summed E-state index contributed by atoms with van der Waals surface area (Å²) < 4.78 is 17.0. The highest BCUT2D eigenvalue weighted by atomic mass is 16.5. The molecule has 1 N–H and O–H groups in total. The SMILES string of the molecule is CCOc1cc(C2C(C(=O)c3cc4ccccc4o3)=C(O)C(=O)N2c2cccc(C)c2)ccc1OC. The second-order valence-electron chi connectivity index (χ2n) is 8.50. The van der Waals surface area contributed by atoms with Crippen molar-refractivity contribution >= 4 is 28.3 Å². The molecule has 1 aliphatic rings. The molecule has 5 rings (SSSR count). The molecule has 4 aromatic rings. The first-order chi connectivity index (χ1) is 17.4. The minimum absolute atomic E-state index is 0.0418. The minimum atomic E-state index is -0.912. The zero-order valence-electron chi connectivity index (χ0n) is 20.1. The van der Waals surface area contributed by atoms with E-state index in [1.54, 1.807) is 36.4 Å². The van der Waals surface area contributed by atoms with Crippen LogP contribution in [0.25, 0.3) is 11.0 Å². The molecule has 7 nitrogen and oxygen atoms in total. The van der Waals surface area contributed by atoms with E-state index in [0.29, 0.717) is 34.9 Å². The fourth-order valence-corrected chi connectivity index (χ4v) is 4.55. The van der Waals surface area contributed by atoms with Crippen molar-refractivity contribution < 1.29 is 28.6 Å². The molecule has 3 aromatic carbocycles. The number of nitrogens with zero attached hydrogens (tertiary/aromatic N) is 1. The maximum atomic E-state index is 13.8. The number of aryl methyl sites for hydroxylation is 1. The number of anilines is 1. The van der Waals surface area contributed by atoms with E-state index in [1.165, 1.54) is 12.0 Å². The smallest absolute Gasteiger partial charge is 0.294 e. The van der Waals surface area contributed by atoms with E-state index >= 15 is 0 Å². The summed E-state index contributed by atoms with van der Waals surface area (Å²) in [5.74, 6) is -0.813. The molecule has 0 spiro atoms. The van der Waals surface area contributed by atoms with Gasteiger partial charge in [0.05, 0.1) is 25.3 Å². The van der Waals surface area contributed by atoms with Crippen LogP contribution in [0, 0.1) is 6.92 Å². The van der Waals surface area contributed by atoms with E-state index in [0.717, 1.165) is 10.9 Å². The fraction of sp³-hybridized carbons (Fsp3) is 0.172. The third kappa shape index (κ3) is 3.88. The van der Waals surface area contributed by atoms with Gasteiger partial charge in [0.15, 0.2) is 23.0 Å². The number of carbonyl (C=O) groups is 2. The Balaban J connectivity index is 1.68. The third-order valence-corrected chi connectivity index (χ3v) is 6.19. The molecule has 0 saturated carbocycles. The lowest BCUT2D eigenvalue weighted by atomic mass is 9.94. The number of fused-ring (bicyclic) bond motifs is 1. The van der Waals surface area contributed by atoms with Gasteiger partial charge >= 0.3 is 0 Å². The van der Waals surface area contributed by atoms with Gasteiger partial charge in [-0.05, 0) is 61.4 Å². The maximum absolute atomic E-state index is 13.8. The normalized spacial score (nSPS) is 15.6. The fourth-order valence-electron chi connectivity index (χ4n) is 4.55. The first-order valence-corrected chi connectivity index (χ1v) is 11.6. The molecule has 1 aromatic heterocycles. The molecule has 2 heterocycles. The molecular formula is C29H25NO6. The monoisotopic (exact) mass is 483 g/mol. The number of hydrogen-bond acceptors (Lipinski definition) is 6. The molecule has 1 aliphatic heterocycles. The van der Waals surface area contributed by atoms with Gasteiger partial charge in [-0.1, -0.05) is 36.4 Å². The van der Waals surface area contributed by atoms with Crippen molar-refractivity contribution in [1.29, 1.82) is 0 Å². The van der Waals surface area contributed by atoms with Crippen LogP contribution in [0.5, 0.6) is 11.5 Å². The van der Waals surface area contributed by atoms with E-state index < -0.39 is 23.5 Å². The second-order valence-corrected chi connectivity index (χ2v) is 8.50. The Kier molecular flexibility index (Phi) is 5.98. The van der Waals surface area contributed by atoms with Crippen LogP contribution in [0.1, 0.15) is 34.6 Å². The van der Waals surface area contributed by atoms with Gasteiger partial charge in [0.1, 0.15) is 5.58 Å². The summed E-state index contributed by atoms with van der Waals surface area (Å²) in [7, 11) is 1.54. The molecule has 182 valence electrons. The van der Waals surface area contributed by atoms with Crippen LogP contribution in [0.3, 0.4) is 0 Å². The van der Waals surface area contributed by atoms with E-state index in [9.17, 15) is 14.7 Å². The Bertz CT molecular complexity index is 1480. The first kappa shape index (κ1) is 23.2. The van der Waals surface area contributed by atoms with Crippen LogP contribution >= 0.6 is 0 Å². The molecule has 0 fully saturated rings. The largest absolute Gasteiger partial charge is 0.503 e. The summed E-state index contributed by atoms with van der Waals surface area (Å²) >= 11 is 0. The van der Waals surface area contributed by atoms with Gasteiger partial charge in [-0.3, -0.25) is 14.5 Å². The zero-order chi connectivity index (χ0) is 25.4. The Labute approximate surface area is 208 Å². The van der Waals surface area contributed by atoms with Crippen LogP contribution in [-0.2, 0) is 4.79 Å². The van der Waals surface area contributed by atoms with Crippen LogP contribution in [-0.4, -0.2) is 30.5 Å². The van der Waals surface area contributed by atoms with Crippen molar-refractivity contribution in [2.24, 2.45) is 0 Å². The molecule has 0 radical (unpaired) electrons. The Morgan fingerprint density at radius 3 is 2.56 bits per heavy atom. The number of para-hydroxylation sites is 1. The molecule has 0 bridgehead atoms. The summed E-state index contributed by atoms with van der Waals surface area (Å²) in [5, 5.41) is 11.8. The average Bonchev–Trinajstić information content (AvgIpc) is 3.43. The zero-order valence-corrected chi connectivity index (χ0v) is 20.1. The Hall–Kier alpha value is -4.52. The predicted molar refractivity (Wildman–Crippen MR) is 136 cm³/mol. The molecule has 7 heteroatoms. The van der Waals surface area contributed by atoms with Crippen LogP contribution < -0.4 is 14.4 Å². The van der Waals surface area contributed by atoms with Crippen molar-refractivity contribution in [3.63, 3.8) is 0 Å². The number of Topliss-reactive ketones (excluding diaryl/α,β-unsaturated/α-hetero) is 1. The first-order valence-electron chi connectivity index (χ1n) is 11.6. The number of ether oxygens (including phenoxy) is 2. The van der Waals surface area contributed by atoms with Gasteiger partial charge in [0.2, 0.25) is 5.78 Å². The third-order valence-electron chi connectivity index (χ3n) is 6.19. The summed E-state index contributed by atoms with van der Waals surface area (Å²) in [6.45, 7) is 4.16. The van der Waals surface area contributed by atoms with Gasteiger partial charge < -0.3 is 19.0 Å². The highest BCUT2D eigenvalue weighted by Crippen LogP contribution is 2.44. The lowest BCUT2D eigenvalue weighted by molar-refractivity contribution is -0.117. The van der Waals surface area contributed by atoms with Gasteiger partial charge in [-0.25, -0.2) is 0 Å². The van der Waals surface area contributed by atoms with E-state index in [2.05, 4.69) is 0 Å². The number of aliphatic hydroxyl groups excluding tert-OH is 1. The number of benzene rings is 3. The highest BCUT2D eigenvalue weighted by Gasteiger charge is 2.45. The lowest BCUT2D eigenvalue weighted by Gasteiger charge is -2.27. The van der Waals surface area contributed by atoms with Crippen molar-refractivity contribution in [3.05, 3.63) is 101 Å². The Morgan fingerprint density at radius 1 is 1.03 bits per heavy atom. The van der Waals surface area contributed by atoms with Gasteiger partial charge in [0, 0.05) is 11.1 Å². The molecule has 36 heavy (non-hydrogen) atoms. The van der Waals surface area contributed by atoms with Gasteiger partial charge in [-0.2, -0.15) is 0 Å². The quantitative estimate of drug-likeness (QED) is 0.328. The second kappa shape index (κ2) is 9.26. The van der Waals surface area contributed by atoms with Crippen LogP contribution in [0.4, 0.5) is 5.69 Å². The lowest BCUT2D eigenvalue weighted by Crippen LogP contribution is -2.31. The number of carbonyl (C=O) groups excluding carboxylic acids is 2. The van der Waals surface area contributed by atoms with Crippen molar-refractivity contribution in [2.75, 3.05) is 18.6 Å². The average molecular weight is 484 g/mol. The predicted octanol–water partition coefficient (Wildman–Crippen LogP) is 5.93. The van der Waals surface area contributed by atoms with Gasteiger partial charge in [-0.15, -0.1) is 0 Å². The summed E-state index contributed by atoms with van der Waals surface area (Å²) in [6.07, 6.45) is 0.